The van der Waals surface area contributed by atoms with Crippen LogP contribution in [0, 0.1) is 0 Å². The summed E-state index contributed by atoms with van der Waals surface area (Å²) >= 11 is 0. The summed E-state index contributed by atoms with van der Waals surface area (Å²) in [6.07, 6.45) is 0. The lowest BCUT2D eigenvalue weighted by molar-refractivity contribution is 0.0946. The fraction of sp³-hybridized carbons (Fsp3) is 0.316. The van der Waals surface area contributed by atoms with E-state index in [2.05, 4.69) is 5.32 Å². The molecule has 0 radical (unpaired) electrons. The highest BCUT2D eigenvalue weighted by atomic mass is 32.2. The van der Waals surface area contributed by atoms with Crippen molar-refractivity contribution in [3.8, 4) is 11.5 Å². The Hall–Kier alpha value is -2.38. The molecule has 0 saturated carbocycles. The van der Waals surface area contributed by atoms with Gasteiger partial charge in [0.05, 0.1) is 17.1 Å². The van der Waals surface area contributed by atoms with Gasteiger partial charge in [-0.25, -0.2) is 8.42 Å². The molecule has 7 heteroatoms. The molecule has 0 atom stereocenters. The first-order valence-electron chi connectivity index (χ1n) is 8.56. The highest BCUT2D eigenvalue weighted by Gasteiger charge is 2.21. The molecule has 1 heterocycles. The Morgan fingerprint density at radius 2 is 1.65 bits per heavy atom. The van der Waals surface area contributed by atoms with Crippen LogP contribution in [0.1, 0.15) is 10.4 Å². The lowest BCUT2D eigenvalue weighted by Gasteiger charge is -2.26. The van der Waals surface area contributed by atoms with Crippen LogP contribution in [-0.2, 0) is 9.84 Å². The molecule has 3 rings (SSSR count). The lowest BCUT2D eigenvalue weighted by atomic mass is 10.2. The SMILES string of the molecule is O=C(NCCN1CCS(=O)(=O)CC1)c1ccccc1Oc1ccccc1. The van der Waals surface area contributed by atoms with Gasteiger partial charge < -0.3 is 10.1 Å². The van der Waals surface area contributed by atoms with Crippen molar-refractivity contribution in [1.82, 2.24) is 10.2 Å². The Morgan fingerprint density at radius 3 is 2.38 bits per heavy atom. The van der Waals surface area contributed by atoms with E-state index < -0.39 is 9.84 Å². The van der Waals surface area contributed by atoms with E-state index in [4.69, 9.17) is 4.74 Å². The van der Waals surface area contributed by atoms with Crippen LogP contribution in [0.5, 0.6) is 11.5 Å². The third kappa shape index (κ3) is 5.06. The Morgan fingerprint density at radius 1 is 1.00 bits per heavy atom. The first-order chi connectivity index (χ1) is 12.5. The molecule has 2 aromatic rings. The van der Waals surface area contributed by atoms with Crippen LogP contribution in [0.4, 0.5) is 0 Å². The van der Waals surface area contributed by atoms with Crippen molar-refractivity contribution < 1.29 is 17.9 Å². The predicted molar refractivity (Wildman–Crippen MR) is 100 cm³/mol. The molecule has 0 spiro atoms. The molecule has 2 aromatic carbocycles. The molecular formula is C19H22N2O4S. The molecule has 6 nitrogen and oxygen atoms in total. The van der Waals surface area contributed by atoms with Gasteiger partial charge in [-0.15, -0.1) is 0 Å². The highest BCUT2D eigenvalue weighted by Crippen LogP contribution is 2.24. The number of amides is 1. The van der Waals surface area contributed by atoms with Crippen molar-refractivity contribution in [3.63, 3.8) is 0 Å². The molecule has 0 aromatic heterocycles. The number of carbonyl (C=O) groups is 1. The Bertz CT molecular complexity index is 839. The molecule has 1 aliphatic heterocycles. The summed E-state index contributed by atoms with van der Waals surface area (Å²) in [6.45, 7) is 2.12. The van der Waals surface area contributed by atoms with E-state index in [0.717, 1.165) is 0 Å². The molecule has 26 heavy (non-hydrogen) atoms. The van der Waals surface area contributed by atoms with E-state index in [1.165, 1.54) is 0 Å². The number of carbonyl (C=O) groups excluding carboxylic acids is 1. The topological polar surface area (TPSA) is 75.7 Å². The van der Waals surface area contributed by atoms with Crippen LogP contribution >= 0.6 is 0 Å². The van der Waals surface area contributed by atoms with Gasteiger partial charge in [0.15, 0.2) is 9.84 Å². The van der Waals surface area contributed by atoms with Crippen molar-refractivity contribution in [2.75, 3.05) is 37.7 Å². The maximum absolute atomic E-state index is 12.5. The van der Waals surface area contributed by atoms with Gasteiger partial charge in [0.1, 0.15) is 11.5 Å². The fourth-order valence-corrected chi connectivity index (χ4v) is 4.03. The zero-order valence-corrected chi connectivity index (χ0v) is 15.2. The molecule has 1 aliphatic rings. The number of nitrogens with zero attached hydrogens (tertiary/aromatic N) is 1. The Kier molecular flexibility index (Phi) is 5.90. The summed E-state index contributed by atoms with van der Waals surface area (Å²) in [4.78, 5) is 14.5. The second-order valence-corrected chi connectivity index (χ2v) is 8.46. The van der Waals surface area contributed by atoms with Crippen LogP contribution in [0.15, 0.2) is 54.6 Å². The Labute approximate surface area is 153 Å². The average molecular weight is 374 g/mol. The second kappa shape index (κ2) is 8.33. The predicted octanol–water partition coefficient (Wildman–Crippen LogP) is 1.94. The third-order valence-electron chi connectivity index (χ3n) is 4.25. The molecule has 1 amide bonds. The lowest BCUT2D eigenvalue weighted by Crippen LogP contribution is -2.43. The average Bonchev–Trinajstić information content (AvgIpc) is 2.64. The number of hydrogen-bond donors (Lipinski definition) is 1. The van der Waals surface area contributed by atoms with Gasteiger partial charge in [0.25, 0.3) is 5.91 Å². The number of nitrogens with one attached hydrogen (secondary N) is 1. The molecule has 1 N–H and O–H groups in total. The van der Waals surface area contributed by atoms with Crippen LogP contribution in [0.25, 0.3) is 0 Å². The van der Waals surface area contributed by atoms with Crippen molar-refractivity contribution in [1.29, 1.82) is 0 Å². The molecule has 0 aliphatic carbocycles. The van der Waals surface area contributed by atoms with Crippen LogP contribution in [-0.4, -0.2) is 56.9 Å². The van der Waals surface area contributed by atoms with Crippen LogP contribution in [0.2, 0.25) is 0 Å². The molecule has 1 fully saturated rings. The first-order valence-corrected chi connectivity index (χ1v) is 10.4. The number of benzene rings is 2. The van der Waals surface area contributed by atoms with Gasteiger partial charge >= 0.3 is 0 Å². The minimum atomic E-state index is -2.88. The van der Waals surface area contributed by atoms with Crippen molar-refractivity contribution in [3.05, 3.63) is 60.2 Å². The Balaban J connectivity index is 1.55. The largest absolute Gasteiger partial charge is 0.457 e. The first kappa shape index (κ1) is 18.4. The van der Waals surface area contributed by atoms with Crippen molar-refractivity contribution >= 4 is 15.7 Å². The number of hydrogen-bond acceptors (Lipinski definition) is 5. The summed E-state index contributed by atoms with van der Waals surface area (Å²) in [5.74, 6) is 1.34. The molecule has 0 unspecified atom stereocenters. The summed E-state index contributed by atoms with van der Waals surface area (Å²) in [5.41, 5.74) is 0.470. The molecule has 0 bridgehead atoms. The van der Waals surface area contributed by atoms with Crippen molar-refractivity contribution in [2.24, 2.45) is 0 Å². The highest BCUT2D eigenvalue weighted by molar-refractivity contribution is 7.91. The minimum Gasteiger partial charge on any atom is -0.457 e. The van der Waals surface area contributed by atoms with Gasteiger partial charge in [-0.3, -0.25) is 9.69 Å². The second-order valence-electron chi connectivity index (χ2n) is 6.16. The van der Waals surface area contributed by atoms with Gasteiger partial charge in [0, 0.05) is 26.2 Å². The standard InChI is InChI=1S/C19H22N2O4S/c22-19(20-10-11-21-12-14-26(23,24)15-13-21)17-8-4-5-9-18(17)25-16-6-2-1-3-7-16/h1-9H,10-15H2,(H,20,22). The van der Waals surface area contributed by atoms with Crippen molar-refractivity contribution in [2.45, 2.75) is 0 Å². The van der Waals surface area contributed by atoms with E-state index in [9.17, 15) is 13.2 Å². The number of sulfone groups is 1. The minimum absolute atomic E-state index is 0.189. The van der Waals surface area contributed by atoms with Crippen LogP contribution < -0.4 is 10.1 Å². The summed E-state index contributed by atoms with van der Waals surface area (Å²) in [5, 5.41) is 2.88. The normalized spacial score (nSPS) is 16.8. The van der Waals surface area contributed by atoms with E-state index in [-0.39, 0.29) is 17.4 Å². The fourth-order valence-electron chi connectivity index (χ4n) is 2.76. The molecule has 138 valence electrons. The van der Waals surface area contributed by atoms with E-state index in [1.807, 2.05) is 41.3 Å². The number of rotatable bonds is 6. The number of para-hydroxylation sites is 2. The quantitative estimate of drug-likeness (QED) is 0.836. The summed E-state index contributed by atoms with van der Waals surface area (Å²) in [6, 6.07) is 16.4. The van der Waals surface area contributed by atoms with E-state index in [1.54, 1.807) is 18.2 Å². The molecule has 1 saturated heterocycles. The molecular weight excluding hydrogens is 352 g/mol. The van der Waals surface area contributed by atoms with E-state index >= 15 is 0 Å². The number of ether oxygens (including phenoxy) is 1. The zero-order valence-electron chi connectivity index (χ0n) is 14.4. The monoisotopic (exact) mass is 374 g/mol. The smallest absolute Gasteiger partial charge is 0.255 e. The van der Waals surface area contributed by atoms with Gasteiger partial charge in [-0.2, -0.15) is 0 Å². The van der Waals surface area contributed by atoms with Gasteiger partial charge in [0.2, 0.25) is 0 Å². The van der Waals surface area contributed by atoms with Crippen LogP contribution in [0.3, 0.4) is 0 Å². The van der Waals surface area contributed by atoms with E-state index in [0.29, 0.717) is 43.2 Å². The van der Waals surface area contributed by atoms with Gasteiger partial charge in [-0.1, -0.05) is 30.3 Å². The maximum atomic E-state index is 12.5. The zero-order chi connectivity index (χ0) is 18.4. The third-order valence-corrected chi connectivity index (χ3v) is 5.86. The van der Waals surface area contributed by atoms with Gasteiger partial charge in [-0.05, 0) is 24.3 Å². The maximum Gasteiger partial charge on any atom is 0.255 e. The summed E-state index contributed by atoms with van der Waals surface area (Å²) < 4.78 is 28.7. The summed E-state index contributed by atoms with van der Waals surface area (Å²) in [7, 11) is -2.88.